The van der Waals surface area contributed by atoms with Crippen LogP contribution in [0.1, 0.15) is 32.2 Å². The van der Waals surface area contributed by atoms with Crippen molar-refractivity contribution in [2.75, 3.05) is 13.2 Å². The quantitative estimate of drug-likeness (QED) is 0.901. The first-order valence-electron chi connectivity index (χ1n) is 6.31. The highest BCUT2D eigenvalue weighted by Crippen LogP contribution is 2.34. The Hall–Kier alpha value is -1.13. The predicted octanol–water partition coefficient (Wildman–Crippen LogP) is 3.32. The van der Waals surface area contributed by atoms with Crippen LogP contribution in [0.15, 0.2) is 18.2 Å². The minimum absolute atomic E-state index is 0.0458. The summed E-state index contributed by atoms with van der Waals surface area (Å²) in [5.41, 5.74) is 6.76. The molecule has 1 aromatic carbocycles. The third kappa shape index (κ3) is 2.65. The highest BCUT2D eigenvalue weighted by atomic mass is 32.1. The summed E-state index contributed by atoms with van der Waals surface area (Å²) >= 11 is 1.74. The average Bonchev–Trinajstić information content (AvgIpc) is 2.73. The first-order valence-corrected chi connectivity index (χ1v) is 7.12. The molecule has 0 aliphatic carbocycles. The van der Waals surface area contributed by atoms with E-state index in [0.717, 1.165) is 22.7 Å². The molecule has 0 fully saturated rings. The normalized spacial score (nSPS) is 12.0. The van der Waals surface area contributed by atoms with Crippen LogP contribution in [0.25, 0.3) is 10.2 Å². The highest BCUT2D eigenvalue weighted by Gasteiger charge is 2.23. The largest absolute Gasteiger partial charge is 0.494 e. The molecule has 0 unspecified atom stereocenters. The molecule has 4 heteroatoms. The predicted molar refractivity (Wildman–Crippen MR) is 77.5 cm³/mol. The van der Waals surface area contributed by atoms with Crippen molar-refractivity contribution in [3.05, 3.63) is 23.2 Å². The standard InChI is InChI=1S/C14H20N2OS/c1-4-17-10-5-6-11-12(9-10)18-13(16-11)14(2,3)7-8-15/h5-6,9H,4,7-8,15H2,1-3H3. The molecule has 98 valence electrons. The number of benzene rings is 1. The number of ether oxygens (including phenoxy) is 1. The molecule has 0 spiro atoms. The second-order valence-electron chi connectivity index (χ2n) is 5.00. The minimum Gasteiger partial charge on any atom is -0.494 e. The number of hydrogen-bond acceptors (Lipinski definition) is 4. The van der Waals surface area contributed by atoms with Crippen molar-refractivity contribution in [3.63, 3.8) is 0 Å². The van der Waals surface area contributed by atoms with E-state index in [2.05, 4.69) is 19.9 Å². The zero-order valence-electron chi connectivity index (χ0n) is 11.2. The summed E-state index contributed by atoms with van der Waals surface area (Å²) in [5, 5.41) is 1.15. The third-order valence-corrected chi connectivity index (χ3v) is 4.40. The van der Waals surface area contributed by atoms with Gasteiger partial charge < -0.3 is 10.5 Å². The number of thiazole rings is 1. The van der Waals surface area contributed by atoms with E-state index >= 15 is 0 Å². The van der Waals surface area contributed by atoms with Crippen molar-refractivity contribution in [1.82, 2.24) is 4.98 Å². The summed E-state index contributed by atoms with van der Waals surface area (Å²) in [7, 11) is 0. The zero-order chi connectivity index (χ0) is 13.2. The van der Waals surface area contributed by atoms with Crippen LogP contribution in [-0.4, -0.2) is 18.1 Å². The maximum atomic E-state index is 5.67. The van der Waals surface area contributed by atoms with Crippen LogP contribution in [0.5, 0.6) is 5.75 Å². The Bertz CT molecular complexity index is 534. The first kappa shape index (κ1) is 13.3. The molecule has 0 saturated heterocycles. The zero-order valence-corrected chi connectivity index (χ0v) is 12.0. The molecule has 0 bridgehead atoms. The fraction of sp³-hybridized carbons (Fsp3) is 0.500. The van der Waals surface area contributed by atoms with Crippen LogP contribution in [0.4, 0.5) is 0 Å². The van der Waals surface area contributed by atoms with Crippen LogP contribution >= 0.6 is 11.3 Å². The van der Waals surface area contributed by atoms with Gasteiger partial charge in [-0.25, -0.2) is 4.98 Å². The molecule has 0 amide bonds. The van der Waals surface area contributed by atoms with Crippen LogP contribution < -0.4 is 10.5 Å². The first-order chi connectivity index (χ1) is 8.56. The fourth-order valence-corrected chi connectivity index (χ4v) is 3.04. The molecular weight excluding hydrogens is 244 g/mol. The molecule has 3 nitrogen and oxygen atoms in total. The summed E-state index contributed by atoms with van der Waals surface area (Å²) < 4.78 is 6.70. The van der Waals surface area contributed by atoms with Gasteiger partial charge in [-0.3, -0.25) is 0 Å². The molecule has 0 radical (unpaired) electrons. The molecule has 0 saturated carbocycles. The van der Waals surface area contributed by atoms with Crippen molar-refractivity contribution < 1.29 is 4.74 Å². The van der Waals surface area contributed by atoms with Gasteiger partial charge in [-0.05, 0) is 38.1 Å². The van der Waals surface area contributed by atoms with Crippen LogP contribution in [0.2, 0.25) is 0 Å². The van der Waals surface area contributed by atoms with Gasteiger partial charge in [0, 0.05) is 5.41 Å². The number of nitrogens with zero attached hydrogens (tertiary/aromatic N) is 1. The molecule has 0 aliphatic rings. The van der Waals surface area contributed by atoms with E-state index in [-0.39, 0.29) is 5.41 Å². The Kier molecular flexibility index (Phi) is 3.88. The van der Waals surface area contributed by atoms with Gasteiger partial charge >= 0.3 is 0 Å². The summed E-state index contributed by atoms with van der Waals surface area (Å²) in [6.07, 6.45) is 0.950. The van der Waals surface area contributed by atoms with Gasteiger partial charge in [-0.2, -0.15) is 0 Å². The lowest BCUT2D eigenvalue weighted by Crippen LogP contribution is -2.21. The molecule has 0 aliphatic heterocycles. The Morgan fingerprint density at radius 1 is 1.39 bits per heavy atom. The third-order valence-electron chi connectivity index (χ3n) is 3.02. The lowest BCUT2D eigenvalue weighted by Gasteiger charge is -2.20. The maximum absolute atomic E-state index is 5.67. The topological polar surface area (TPSA) is 48.1 Å². The van der Waals surface area contributed by atoms with Gasteiger partial charge in [0.05, 0.1) is 21.8 Å². The van der Waals surface area contributed by atoms with Gasteiger partial charge in [0.25, 0.3) is 0 Å². The van der Waals surface area contributed by atoms with E-state index in [4.69, 9.17) is 15.5 Å². The van der Waals surface area contributed by atoms with Crippen molar-refractivity contribution in [2.45, 2.75) is 32.6 Å². The maximum Gasteiger partial charge on any atom is 0.120 e. The number of nitrogens with two attached hydrogens (primary N) is 1. The van der Waals surface area contributed by atoms with Gasteiger partial charge in [0.2, 0.25) is 0 Å². The average molecular weight is 264 g/mol. The van der Waals surface area contributed by atoms with Crippen LogP contribution in [-0.2, 0) is 5.41 Å². The Morgan fingerprint density at radius 2 is 2.17 bits per heavy atom. The molecule has 2 aromatic rings. The lowest BCUT2D eigenvalue weighted by atomic mass is 9.90. The van der Waals surface area contributed by atoms with Gasteiger partial charge in [0.15, 0.2) is 0 Å². The second-order valence-corrected chi connectivity index (χ2v) is 6.03. The van der Waals surface area contributed by atoms with E-state index in [0.29, 0.717) is 13.2 Å². The van der Waals surface area contributed by atoms with E-state index in [1.807, 2.05) is 19.1 Å². The molecule has 1 heterocycles. The van der Waals surface area contributed by atoms with E-state index in [9.17, 15) is 0 Å². The SMILES string of the molecule is CCOc1ccc2nc(C(C)(C)CCN)sc2c1. The van der Waals surface area contributed by atoms with Crippen molar-refractivity contribution in [1.29, 1.82) is 0 Å². The number of hydrogen-bond donors (Lipinski definition) is 1. The summed E-state index contributed by atoms with van der Waals surface area (Å²) in [4.78, 5) is 4.71. The van der Waals surface area contributed by atoms with Crippen molar-refractivity contribution in [2.24, 2.45) is 5.73 Å². The smallest absolute Gasteiger partial charge is 0.120 e. The number of aromatic nitrogens is 1. The van der Waals surface area contributed by atoms with Crippen LogP contribution in [0.3, 0.4) is 0 Å². The summed E-state index contributed by atoms with van der Waals surface area (Å²) in [5.74, 6) is 0.914. The lowest BCUT2D eigenvalue weighted by molar-refractivity contribution is 0.341. The highest BCUT2D eigenvalue weighted by molar-refractivity contribution is 7.18. The van der Waals surface area contributed by atoms with Gasteiger partial charge in [-0.1, -0.05) is 13.8 Å². The number of rotatable bonds is 5. The molecule has 1 aromatic heterocycles. The van der Waals surface area contributed by atoms with Crippen LogP contribution in [0, 0.1) is 0 Å². The monoisotopic (exact) mass is 264 g/mol. The Balaban J connectivity index is 2.37. The van der Waals surface area contributed by atoms with Gasteiger partial charge in [0.1, 0.15) is 5.75 Å². The Morgan fingerprint density at radius 3 is 2.83 bits per heavy atom. The molecule has 0 atom stereocenters. The summed E-state index contributed by atoms with van der Waals surface area (Å²) in [6.45, 7) is 7.76. The second kappa shape index (κ2) is 5.24. The van der Waals surface area contributed by atoms with Gasteiger partial charge in [-0.15, -0.1) is 11.3 Å². The van der Waals surface area contributed by atoms with E-state index in [1.165, 1.54) is 4.70 Å². The van der Waals surface area contributed by atoms with Crippen molar-refractivity contribution in [3.8, 4) is 5.75 Å². The fourth-order valence-electron chi connectivity index (χ4n) is 1.92. The minimum atomic E-state index is 0.0458. The van der Waals surface area contributed by atoms with E-state index in [1.54, 1.807) is 11.3 Å². The van der Waals surface area contributed by atoms with E-state index < -0.39 is 0 Å². The van der Waals surface area contributed by atoms with Crippen molar-refractivity contribution >= 4 is 21.6 Å². The molecule has 18 heavy (non-hydrogen) atoms. The molecule has 2 N–H and O–H groups in total. The Labute approximate surface area is 112 Å². The molecule has 2 rings (SSSR count). The summed E-state index contributed by atoms with van der Waals surface area (Å²) in [6, 6.07) is 6.07. The number of fused-ring (bicyclic) bond motifs is 1. The molecular formula is C14H20N2OS.